The highest BCUT2D eigenvalue weighted by Crippen LogP contribution is 2.26. The number of ether oxygens (including phenoxy) is 1. The van der Waals surface area contributed by atoms with E-state index in [1.807, 2.05) is 6.07 Å². The molecule has 0 bridgehead atoms. The van der Waals surface area contributed by atoms with Crippen LogP contribution in [0.2, 0.25) is 0 Å². The molecule has 1 aromatic rings. The van der Waals surface area contributed by atoms with Gasteiger partial charge in [0.1, 0.15) is 0 Å². The number of methoxy groups -OCH3 is 1. The molecular weight excluding hydrogens is 234 g/mol. The quantitative estimate of drug-likeness (QED) is 0.792. The Morgan fingerprint density at radius 1 is 1.28 bits per heavy atom. The van der Waals surface area contributed by atoms with Crippen molar-refractivity contribution >= 4 is 11.8 Å². The molecule has 18 heavy (non-hydrogen) atoms. The third-order valence-corrected chi connectivity index (χ3v) is 2.81. The van der Waals surface area contributed by atoms with Gasteiger partial charge in [0, 0.05) is 0 Å². The van der Waals surface area contributed by atoms with E-state index in [1.165, 1.54) is 7.11 Å². The van der Waals surface area contributed by atoms with Gasteiger partial charge in [-0.05, 0) is 5.56 Å². The molecule has 94 valence electrons. The van der Waals surface area contributed by atoms with Gasteiger partial charge >= 0.3 is 0 Å². The lowest BCUT2D eigenvalue weighted by Crippen LogP contribution is -2.37. The second kappa shape index (κ2) is 5.01. The lowest BCUT2D eigenvalue weighted by molar-refractivity contribution is -0.142. The molecule has 2 rings (SSSR count). The van der Waals surface area contributed by atoms with Crippen LogP contribution in [0.15, 0.2) is 42.2 Å². The van der Waals surface area contributed by atoms with E-state index >= 15 is 0 Å². The fraction of sp³-hybridized carbons (Fsp3) is 0.231. The first-order valence-electron chi connectivity index (χ1n) is 5.48. The van der Waals surface area contributed by atoms with Crippen LogP contribution in [0, 0.1) is 0 Å². The average molecular weight is 247 g/mol. The number of rotatable bonds is 4. The van der Waals surface area contributed by atoms with Crippen LogP contribution in [-0.4, -0.2) is 35.5 Å². The topological polar surface area (TPSA) is 66.8 Å². The molecule has 1 aliphatic heterocycles. The van der Waals surface area contributed by atoms with Gasteiger partial charge in [0.15, 0.2) is 5.76 Å². The summed E-state index contributed by atoms with van der Waals surface area (Å²) in [6.45, 7) is -0.327. The Hall–Kier alpha value is -2.14. The molecule has 1 atom stereocenters. The lowest BCUT2D eigenvalue weighted by atomic mass is 10.1. The smallest absolute Gasteiger partial charge is 0.296 e. The van der Waals surface area contributed by atoms with E-state index in [0.717, 1.165) is 11.0 Å². The molecule has 1 aromatic carbocycles. The Morgan fingerprint density at radius 2 is 1.94 bits per heavy atom. The Bertz CT molecular complexity index is 495. The van der Waals surface area contributed by atoms with Crippen molar-refractivity contribution in [2.24, 2.45) is 0 Å². The molecule has 5 heteroatoms. The third kappa shape index (κ3) is 2.00. The monoisotopic (exact) mass is 247 g/mol. The van der Waals surface area contributed by atoms with Crippen LogP contribution in [0.1, 0.15) is 11.6 Å². The van der Waals surface area contributed by atoms with Gasteiger partial charge in [-0.3, -0.25) is 14.5 Å². The van der Waals surface area contributed by atoms with Crippen LogP contribution in [0.4, 0.5) is 0 Å². The van der Waals surface area contributed by atoms with Gasteiger partial charge in [-0.2, -0.15) is 0 Å². The van der Waals surface area contributed by atoms with Crippen molar-refractivity contribution in [1.29, 1.82) is 0 Å². The Morgan fingerprint density at radius 3 is 2.44 bits per heavy atom. The molecule has 0 saturated heterocycles. The van der Waals surface area contributed by atoms with E-state index in [1.54, 1.807) is 24.3 Å². The zero-order chi connectivity index (χ0) is 13.1. The number of aliphatic hydroxyl groups is 1. The maximum atomic E-state index is 11.9. The summed E-state index contributed by atoms with van der Waals surface area (Å²) >= 11 is 0. The van der Waals surface area contributed by atoms with Gasteiger partial charge in [-0.1, -0.05) is 30.3 Å². The summed E-state index contributed by atoms with van der Waals surface area (Å²) in [5.74, 6) is -1.00. The second-order valence-corrected chi connectivity index (χ2v) is 3.84. The van der Waals surface area contributed by atoms with Crippen molar-refractivity contribution in [2.45, 2.75) is 6.04 Å². The fourth-order valence-corrected chi connectivity index (χ4v) is 1.91. The molecule has 1 N–H and O–H groups in total. The maximum absolute atomic E-state index is 11.9. The summed E-state index contributed by atoms with van der Waals surface area (Å²) in [5, 5.41) is 9.42. The Kier molecular flexibility index (Phi) is 3.43. The highest BCUT2D eigenvalue weighted by molar-refractivity contribution is 6.15. The summed E-state index contributed by atoms with van der Waals surface area (Å²) in [6.07, 6.45) is 1.13. The first-order chi connectivity index (χ1) is 8.69. The van der Waals surface area contributed by atoms with E-state index in [-0.39, 0.29) is 12.4 Å². The Balaban J connectivity index is 2.31. The number of nitrogens with zero attached hydrogens (tertiary/aromatic N) is 1. The average Bonchev–Trinajstić information content (AvgIpc) is 2.68. The molecule has 0 aromatic heterocycles. The van der Waals surface area contributed by atoms with Crippen LogP contribution in [0.25, 0.3) is 0 Å². The summed E-state index contributed by atoms with van der Waals surface area (Å²) in [4.78, 5) is 24.7. The van der Waals surface area contributed by atoms with Gasteiger partial charge in [0.2, 0.25) is 0 Å². The van der Waals surface area contributed by atoms with E-state index in [4.69, 9.17) is 4.74 Å². The molecule has 0 saturated carbocycles. The first kappa shape index (κ1) is 12.3. The van der Waals surface area contributed by atoms with Crippen LogP contribution in [-0.2, 0) is 14.3 Å². The van der Waals surface area contributed by atoms with Crippen LogP contribution in [0.5, 0.6) is 0 Å². The number of hydrogen-bond donors (Lipinski definition) is 1. The Labute approximate surface area is 104 Å². The van der Waals surface area contributed by atoms with Crippen molar-refractivity contribution in [3.63, 3.8) is 0 Å². The fourth-order valence-electron chi connectivity index (χ4n) is 1.91. The number of amides is 2. The molecule has 1 aliphatic rings. The highest BCUT2D eigenvalue weighted by atomic mass is 16.5. The highest BCUT2D eigenvalue weighted by Gasteiger charge is 2.37. The number of imide groups is 1. The summed E-state index contributed by atoms with van der Waals surface area (Å²) < 4.78 is 4.82. The summed E-state index contributed by atoms with van der Waals surface area (Å²) in [7, 11) is 1.33. The predicted octanol–water partition coefficient (Wildman–Crippen LogP) is 0.619. The zero-order valence-electron chi connectivity index (χ0n) is 9.87. The van der Waals surface area contributed by atoms with E-state index in [9.17, 15) is 14.7 Å². The number of benzene rings is 1. The van der Waals surface area contributed by atoms with Crippen LogP contribution < -0.4 is 0 Å². The van der Waals surface area contributed by atoms with Crippen molar-refractivity contribution in [1.82, 2.24) is 4.90 Å². The number of aliphatic hydroxyl groups excluding tert-OH is 1. The zero-order valence-corrected chi connectivity index (χ0v) is 9.87. The summed E-state index contributed by atoms with van der Waals surface area (Å²) in [6, 6.07) is 8.22. The SMILES string of the molecule is COC1=CC(=O)N([C@H](CO)c2ccccc2)C1=O. The van der Waals surface area contributed by atoms with Gasteiger partial charge in [0.25, 0.3) is 11.8 Å². The van der Waals surface area contributed by atoms with Gasteiger partial charge in [-0.15, -0.1) is 0 Å². The van der Waals surface area contributed by atoms with E-state index in [2.05, 4.69) is 0 Å². The van der Waals surface area contributed by atoms with Gasteiger partial charge < -0.3 is 9.84 Å². The molecule has 0 spiro atoms. The third-order valence-electron chi connectivity index (χ3n) is 2.81. The minimum Gasteiger partial charge on any atom is -0.491 e. The standard InChI is InChI=1S/C13H13NO4/c1-18-11-7-12(16)14(13(11)17)10(8-15)9-5-3-2-4-6-9/h2-7,10,15H,8H2,1H3/t10-/m1/s1. The first-order valence-corrected chi connectivity index (χ1v) is 5.48. The van der Waals surface area contributed by atoms with Crippen molar-refractivity contribution in [3.8, 4) is 0 Å². The molecule has 2 amide bonds. The molecule has 0 radical (unpaired) electrons. The van der Waals surface area contributed by atoms with Gasteiger partial charge in [0.05, 0.1) is 25.8 Å². The lowest BCUT2D eigenvalue weighted by Gasteiger charge is -2.24. The predicted molar refractivity (Wildman–Crippen MR) is 63.2 cm³/mol. The second-order valence-electron chi connectivity index (χ2n) is 3.84. The summed E-state index contributed by atoms with van der Waals surface area (Å²) in [5.41, 5.74) is 0.701. The normalized spacial score (nSPS) is 16.8. The molecule has 0 unspecified atom stereocenters. The molecule has 0 aliphatic carbocycles. The minimum atomic E-state index is -0.685. The van der Waals surface area contributed by atoms with Crippen molar-refractivity contribution < 1.29 is 19.4 Å². The largest absolute Gasteiger partial charge is 0.491 e. The maximum Gasteiger partial charge on any atom is 0.296 e. The molecule has 1 heterocycles. The number of hydrogen-bond acceptors (Lipinski definition) is 4. The van der Waals surface area contributed by atoms with Crippen LogP contribution >= 0.6 is 0 Å². The van der Waals surface area contributed by atoms with Crippen molar-refractivity contribution in [2.75, 3.05) is 13.7 Å². The number of carbonyl (C=O) groups is 2. The van der Waals surface area contributed by atoms with Crippen LogP contribution in [0.3, 0.4) is 0 Å². The number of carbonyl (C=O) groups excluding carboxylic acids is 2. The molecule has 5 nitrogen and oxygen atoms in total. The van der Waals surface area contributed by atoms with E-state index in [0.29, 0.717) is 5.56 Å². The van der Waals surface area contributed by atoms with Gasteiger partial charge in [-0.25, -0.2) is 0 Å². The molecule has 0 fully saturated rings. The minimum absolute atomic E-state index is 0.00520. The molecular formula is C13H13NO4. The van der Waals surface area contributed by atoms with Crippen molar-refractivity contribution in [3.05, 3.63) is 47.7 Å². The van der Waals surface area contributed by atoms with E-state index < -0.39 is 17.9 Å².